The Morgan fingerprint density at radius 3 is 2.69 bits per heavy atom. The Balaban J connectivity index is 2.06. The molecule has 1 N–H and O–H groups in total. The lowest BCUT2D eigenvalue weighted by Crippen LogP contribution is -1.93. The van der Waals surface area contributed by atoms with Crippen LogP contribution in [0.4, 0.5) is 0 Å². The van der Waals surface area contributed by atoms with E-state index in [2.05, 4.69) is 61.3 Å². The molecule has 1 heteroatoms. The van der Waals surface area contributed by atoms with E-state index in [1.807, 2.05) is 12.2 Å². The second-order valence-electron chi connectivity index (χ2n) is 3.92. The zero-order chi connectivity index (χ0) is 11.4. The first-order chi connectivity index (χ1) is 7.86. The first-order valence-corrected chi connectivity index (χ1v) is 5.63. The summed E-state index contributed by atoms with van der Waals surface area (Å²) >= 11 is 0. The van der Waals surface area contributed by atoms with Gasteiger partial charge in [0.05, 0.1) is 12.1 Å². The molecule has 1 heterocycles. The van der Waals surface area contributed by atoms with Gasteiger partial charge in [0.15, 0.2) is 0 Å². The summed E-state index contributed by atoms with van der Waals surface area (Å²) in [6, 6.07) is 11.5. The molecule has 1 saturated heterocycles. The van der Waals surface area contributed by atoms with Gasteiger partial charge in [-0.1, -0.05) is 61.2 Å². The molecule has 2 unspecified atom stereocenters. The fourth-order valence-electron chi connectivity index (χ4n) is 1.93. The predicted molar refractivity (Wildman–Crippen MR) is 69.2 cm³/mol. The summed E-state index contributed by atoms with van der Waals surface area (Å²) < 4.78 is 0. The molecule has 0 radical (unpaired) electrons. The number of nitrogens with one attached hydrogen (secondary N) is 1. The SMILES string of the molecule is C=C/C=C\C(=C/C)C1NC1c1ccccc1. The topological polar surface area (TPSA) is 21.9 Å². The Bertz CT molecular complexity index is 414. The van der Waals surface area contributed by atoms with Crippen molar-refractivity contribution in [3.8, 4) is 0 Å². The van der Waals surface area contributed by atoms with E-state index in [9.17, 15) is 0 Å². The molecule has 1 fully saturated rings. The van der Waals surface area contributed by atoms with Crippen molar-refractivity contribution in [2.45, 2.75) is 19.0 Å². The minimum Gasteiger partial charge on any atom is -0.300 e. The highest BCUT2D eigenvalue weighted by atomic mass is 15.1. The van der Waals surface area contributed by atoms with Crippen LogP contribution in [0.2, 0.25) is 0 Å². The molecule has 0 saturated carbocycles. The second kappa shape index (κ2) is 4.95. The fraction of sp³-hybridized carbons (Fsp3) is 0.200. The zero-order valence-electron chi connectivity index (χ0n) is 9.56. The lowest BCUT2D eigenvalue weighted by atomic mass is 10.0. The van der Waals surface area contributed by atoms with Gasteiger partial charge < -0.3 is 0 Å². The van der Waals surface area contributed by atoms with Gasteiger partial charge in [0.1, 0.15) is 0 Å². The molecular formula is C15H17N. The molecule has 0 aliphatic carbocycles. The van der Waals surface area contributed by atoms with E-state index >= 15 is 0 Å². The molecule has 0 spiro atoms. The Kier molecular flexibility index (Phi) is 3.37. The lowest BCUT2D eigenvalue weighted by molar-refractivity contribution is 1.06. The second-order valence-corrected chi connectivity index (χ2v) is 3.92. The van der Waals surface area contributed by atoms with Crippen LogP contribution in [0.25, 0.3) is 0 Å². The highest BCUT2D eigenvalue weighted by Gasteiger charge is 2.38. The Morgan fingerprint density at radius 1 is 1.31 bits per heavy atom. The van der Waals surface area contributed by atoms with E-state index in [-0.39, 0.29) is 0 Å². The Morgan fingerprint density at radius 2 is 2.06 bits per heavy atom. The molecule has 2 rings (SSSR count). The van der Waals surface area contributed by atoms with Crippen LogP contribution in [0, 0.1) is 0 Å². The average Bonchev–Trinajstić information content (AvgIpc) is 3.12. The first kappa shape index (κ1) is 10.9. The van der Waals surface area contributed by atoms with Gasteiger partial charge in [-0.25, -0.2) is 0 Å². The summed E-state index contributed by atoms with van der Waals surface area (Å²) in [6.07, 6.45) is 8.06. The number of hydrogen-bond acceptors (Lipinski definition) is 1. The molecule has 0 aromatic heterocycles. The minimum atomic E-state index is 0.462. The largest absolute Gasteiger partial charge is 0.300 e. The van der Waals surface area contributed by atoms with E-state index in [4.69, 9.17) is 0 Å². The van der Waals surface area contributed by atoms with Gasteiger partial charge in [-0.3, -0.25) is 5.32 Å². The highest BCUT2D eigenvalue weighted by Crippen LogP contribution is 2.34. The predicted octanol–water partition coefficient (Wildman–Crippen LogP) is 3.39. The van der Waals surface area contributed by atoms with Gasteiger partial charge >= 0.3 is 0 Å². The summed E-state index contributed by atoms with van der Waals surface area (Å²) in [5, 5.41) is 3.49. The van der Waals surface area contributed by atoms with Crippen LogP contribution in [-0.4, -0.2) is 6.04 Å². The third-order valence-corrected chi connectivity index (χ3v) is 2.86. The molecule has 1 aromatic carbocycles. The summed E-state index contributed by atoms with van der Waals surface area (Å²) in [5.41, 5.74) is 2.69. The van der Waals surface area contributed by atoms with Gasteiger partial charge in [-0.15, -0.1) is 0 Å². The number of allylic oxidation sites excluding steroid dienone is 3. The minimum absolute atomic E-state index is 0.462. The van der Waals surface area contributed by atoms with Crippen LogP contribution in [0.3, 0.4) is 0 Å². The zero-order valence-corrected chi connectivity index (χ0v) is 9.56. The Hall–Kier alpha value is -1.60. The van der Waals surface area contributed by atoms with Crippen molar-refractivity contribution >= 4 is 0 Å². The van der Waals surface area contributed by atoms with E-state index in [0.717, 1.165) is 0 Å². The summed E-state index contributed by atoms with van der Waals surface area (Å²) in [5.74, 6) is 0. The third-order valence-electron chi connectivity index (χ3n) is 2.86. The number of hydrogen-bond donors (Lipinski definition) is 1. The summed E-state index contributed by atoms with van der Waals surface area (Å²) in [6.45, 7) is 5.76. The van der Waals surface area contributed by atoms with E-state index in [1.54, 1.807) is 0 Å². The maximum absolute atomic E-state index is 3.69. The van der Waals surface area contributed by atoms with Crippen LogP contribution in [0.15, 0.2) is 66.8 Å². The first-order valence-electron chi connectivity index (χ1n) is 5.63. The number of rotatable bonds is 4. The van der Waals surface area contributed by atoms with E-state index in [1.165, 1.54) is 11.1 Å². The summed E-state index contributed by atoms with van der Waals surface area (Å²) in [4.78, 5) is 0. The Labute approximate surface area is 97.2 Å². The van der Waals surface area contributed by atoms with Crippen molar-refractivity contribution < 1.29 is 0 Å². The van der Waals surface area contributed by atoms with Crippen molar-refractivity contribution in [3.05, 3.63) is 72.4 Å². The smallest absolute Gasteiger partial charge is 0.0523 e. The molecule has 82 valence electrons. The molecule has 0 amide bonds. The van der Waals surface area contributed by atoms with Gasteiger partial charge in [0.25, 0.3) is 0 Å². The molecule has 1 aliphatic rings. The van der Waals surface area contributed by atoms with Crippen molar-refractivity contribution in [2.24, 2.45) is 0 Å². The molecule has 1 nitrogen and oxygen atoms in total. The maximum atomic E-state index is 3.69. The molecule has 1 aliphatic heterocycles. The molecule has 0 bridgehead atoms. The normalized spacial score (nSPS) is 24.7. The van der Waals surface area contributed by atoms with E-state index in [0.29, 0.717) is 12.1 Å². The molecular weight excluding hydrogens is 194 g/mol. The van der Waals surface area contributed by atoms with Crippen LogP contribution < -0.4 is 5.32 Å². The van der Waals surface area contributed by atoms with Crippen molar-refractivity contribution in [1.82, 2.24) is 5.32 Å². The monoisotopic (exact) mass is 211 g/mol. The fourth-order valence-corrected chi connectivity index (χ4v) is 1.93. The van der Waals surface area contributed by atoms with Crippen LogP contribution in [0.5, 0.6) is 0 Å². The third kappa shape index (κ3) is 2.31. The van der Waals surface area contributed by atoms with Crippen molar-refractivity contribution in [3.63, 3.8) is 0 Å². The molecule has 16 heavy (non-hydrogen) atoms. The number of benzene rings is 1. The van der Waals surface area contributed by atoms with Crippen molar-refractivity contribution in [2.75, 3.05) is 0 Å². The van der Waals surface area contributed by atoms with E-state index < -0.39 is 0 Å². The van der Waals surface area contributed by atoms with Crippen molar-refractivity contribution in [1.29, 1.82) is 0 Å². The standard InChI is InChI=1S/C15H17N/c1-3-5-9-12(4-2)14-15(16-14)13-10-7-6-8-11-13/h3-11,14-16H,1H2,2H3/b9-5-,12-4+. The highest BCUT2D eigenvalue weighted by molar-refractivity contribution is 5.39. The average molecular weight is 211 g/mol. The quantitative estimate of drug-likeness (QED) is 0.598. The van der Waals surface area contributed by atoms with Gasteiger partial charge in [0, 0.05) is 0 Å². The maximum Gasteiger partial charge on any atom is 0.0523 e. The van der Waals surface area contributed by atoms with Gasteiger partial charge in [-0.05, 0) is 18.1 Å². The molecule has 1 aromatic rings. The van der Waals surface area contributed by atoms with Gasteiger partial charge in [-0.2, -0.15) is 0 Å². The van der Waals surface area contributed by atoms with Crippen LogP contribution in [-0.2, 0) is 0 Å². The van der Waals surface area contributed by atoms with Gasteiger partial charge in [0.2, 0.25) is 0 Å². The summed E-state index contributed by atoms with van der Waals surface area (Å²) in [7, 11) is 0. The lowest BCUT2D eigenvalue weighted by Gasteiger charge is -1.98. The van der Waals surface area contributed by atoms with Crippen LogP contribution in [0.1, 0.15) is 18.5 Å². The van der Waals surface area contributed by atoms with Crippen LogP contribution >= 0.6 is 0 Å². The molecule has 2 atom stereocenters.